The summed E-state index contributed by atoms with van der Waals surface area (Å²) in [7, 11) is -3.09. The first-order valence-corrected chi connectivity index (χ1v) is 7.10. The number of rotatable bonds is 4. The van der Waals surface area contributed by atoms with Gasteiger partial charge in [0.05, 0.1) is 16.3 Å². The van der Waals surface area contributed by atoms with Crippen molar-refractivity contribution in [1.82, 2.24) is 10.3 Å². The molecule has 1 rings (SSSR count). The van der Waals surface area contributed by atoms with Crippen LogP contribution < -0.4 is 11.1 Å². The summed E-state index contributed by atoms with van der Waals surface area (Å²) in [5.74, 6) is -0.420. The number of sulfone groups is 1. The van der Waals surface area contributed by atoms with Gasteiger partial charge in [-0.05, 0) is 6.07 Å². The molecule has 0 aliphatic carbocycles. The van der Waals surface area contributed by atoms with Crippen LogP contribution in [-0.2, 0) is 9.84 Å². The molecular weight excluding hydrogens is 266 g/mol. The molecule has 1 aromatic heterocycles. The number of pyridine rings is 1. The van der Waals surface area contributed by atoms with Gasteiger partial charge in [0.25, 0.3) is 5.91 Å². The zero-order valence-corrected chi connectivity index (χ0v) is 10.7. The van der Waals surface area contributed by atoms with Gasteiger partial charge < -0.3 is 11.1 Å². The average molecular weight is 278 g/mol. The quantitative estimate of drug-likeness (QED) is 0.812. The summed E-state index contributed by atoms with van der Waals surface area (Å²) in [5, 5.41) is 2.63. The number of anilines is 1. The van der Waals surface area contributed by atoms with Crippen LogP contribution >= 0.6 is 11.6 Å². The fourth-order valence-electron chi connectivity index (χ4n) is 1.02. The number of aromatic nitrogens is 1. The third-order valence-corrected chi connectivity index (χ3v) is 3.14. The van der Waals surface area contributed by atoms with Gasteiger partial charge in [0.15, 0.2) is 0 Å². The Hall–Kier alpha value is -1.34. The van der Waals surface area contributed by atoms with Crippen LogP contribution in [0.5, 0.6) is 0 Å². The van der Waals surface area contributed by atoms with Crippen molar-refractivity contribution in [2.75, 3.05) is 24.3 Å². The first-order chi connectivity index (χ1) is 7.79. The van der Waals surface area contributed by atoms with Crippen LogP contribution in [0.15, 0.2) is 12.3 Å². The minimum Gasteiger partial charge on any atom is -0.382 e. The smallest absolute Gasteiger partial charge is 0.252 e. The number of nitrogens with zero attached hydrogens (tertiary/aromatic N) is 1. The molecule has 94 valence electrons. The highest BCUT2D eigenvalue weighted by molar-refractivity contribution is 7.90. The summed E-state index contributed by atoms with van der Waals surface area (Å²) in [6, 6.07) is 1.37. The monoisotopic (exact) mass is 277 g/mol. The van der Waals surface area contributed by atoms with Gasteiger partial charge in [-0.2, -0.15) is 0 Å². The molecule has 8 heteroatoms. The average Bonchev–Trinajstić information content (AvgIpc) is 2.20. The normalized spacial score (nSPS) is 11.2. The lowest BCUT2D eigenvalue weighted by Gasteiger charge is -2.05. The molecule has 0 spiro atoms. The Labute approximate surface area is 104 Å². The number of carbonyl (C=O) groups is 1. The van der Waals surface area contributed by atoms with Gasteiger partial charge in [-0.3, -0.25) is 4.79 Å². The maximum atomic E-state index is 11.5. The van der Waals surface area contributed by atoms with E-state index in [4.69, 9.17) is 17.3 Å². The lowest BCUT2D eigenvalue weighted by Crippen LogP contribution is -2.28. The van der Waals surface area contributed by atoms with E-state index in [1.54, 1.807) is 0 Å². The minimum atomic E-state index is -3.09. The molecule has 0 atom stereocenters. The third kappa shape index (κ3) is 4.58. The standard InChI is InChI=1S/C9H12ClN3O3S/c1-17(15,16)3-2-12-9(14)6-4-7(10)8(11)13-5-6/h4-5H,2-3H2,1H3,(H2,11,13)(H,12,14). The van der Waals surface area contributed by atoms with Crippen LogP contribution in [-0.4, -0.2) is 37.9 Å². The predicted molar refractivity (Wildman–Crippen MR) is 65.7 cm³/mol. The first-order valence-electron chi connectivity index (χ1n) is 4.66. The summed E-state index contributed by atoms with van der Waals surface area (Å²) in [4.78, 5) is 15.3. The number of carbonyl (C=O) groups excluding carboxylic acids is 1. The van der Waals surface area contributed by atoms with E-state index in [9.17, 15) is 13.2 Å². The second-order valence-electron chi connectivity index (χ2n) is 3.48. The van der Waals surface area contributed by atoms with E-state index in [1.165, 1.54) is 12.3 Å². The SMILES string of the molecule is CS(=O)(=O)CCNC(=O)c1cnc(N)c(Cl)c1. The lowest BCUT2D eigenvalue weighted by atomic mass is 10.2. The molecular formula is C9H12ClN3O3S. The Morgan fingerprint density at radius 3 is 2.76 bits per heavy atom. The molecule has 0 unspecified atom stereocenters. The Morgan fingerprint density at radius 1 is 1.59 bits per heavy atom. The summed E-state index contributed by atoms with van der Waals surface area (Å²) >= 11 is 5.70. The predicted octanol–water partition coefficient (Wildman–Crippen LogP) is 0.0916. The van der Waals surface area contributed by atoms with Crippen molar-refractivity contribution in [3.63, 3.8) is 0 Å². The van der Waals surface area contributed by atoms with E-state index in [0.717, 1.165) is 6.26 Å². The van der Waals surface area contributed by atoms with E-state index in [2.05, 4.69) is 10.3 Å². The maximum Gasteiger partial charge on any atom is 0.252 e. The molecule has 0 saturated carbocycles. The third-order valence-electron chi connectivity index (χ3n) is 1.89. The van der Waals surface area contributed by atoms with Gasteiger partial charge in [0.1, 0.15) is 15.7 Å². The van der Waals surface area contributed by atoms with Crippen LogP contribution in [0, 0.1) is 0 Å². The van der Waals surface area contributed by atoms with Gasteiger partial charge in [-0.1, -0.05) is 11.6 Å². The zero-order chi connectivity index (χ0) is 13.1. The molecule has 6 nitrogen and oxygen atoms in total. The number of nitrogens with two attached hydrogens (primary N) is 1. The second kappa shape index (κ2) is 5.33. The van der Waals surface area contributed by atoms with Crippen molar-refractivity contribution in [2.45, 2.75) is 0 Å². The number of nitrogen functional groups attached to an aromatic ring is 1. The number of hydrogen-bond acceptors (Lipinski definition) is 5. The molecule has 1 amide bonds. The van der Waals surface area contributed by atoms with Gasteiger partial charge in [-0.25, -0.2) is 13.4 Å². The molecule has 0 aliphatic heterocycles. The fourth-order valence-corrected chi connectivity index (χ4v) is 1.66. The van der Waals surface area contributed by atoms with Crippen molar-refractivity contribution in [3.8, 4) is 0 Å². The Balaban J connectivity index is 2.61. The highest BCUT2D eigenvalue weighted by atomic mass is 35.5. The summed E-state index contributed by atoms with van der Waals surface area (Å²) < 4.78 is 21.7. The molecule has 17 heavy (non-hydrogen) atoms. The van der Waals surface area contributed by atoms with E-state index in [0.29, 0.717) is 0 Å². The van der Waals surface area contributed by atoms with Gasteiger partial charge in [0, 0.05) is 19.0 Å². The zero-order valence-electron chi connectivity index (χ0n) is 9.10. The Bertz CT molecular complexity index is 530. The van der Waals surface area contributed by atoms with Crippen molar-refractivity contribution < 1.29 is 13.2 Å². The van der Waals surface area contributed by atoms with Crippen molar-refractivity contribution in [3.05, 3.63) is 22.8 Å². The van der Waals surface area contributed by atoms with Crippen molar-refractivity contribution in [1.29, 1.82) is 0 Å². The maximum absolute atomic E-state index is 11.5. The highest BCUT2D eigenvalue weighted by Gasteiger charge is 2.09. The topological polar surface area (TPSA) is 102 Å². The molecule has 3 N–H and O–H groups in total. The summed E-state index contributed by atoms with van der Waals surface area (Å²) in [6.45, 7) is 0.0413. The molecule has 1 heterocycles. The Kier molecular flexibility index (Phi) is 4.30. The van der Waals surface area contributed by atoms with Crippen LogP contribution in [0.25, 0.3) is 0 Å². The lowest BCUT2D eigenvalue weighted by molar-refractivity contribution is 0.0956. The van der Waals surface area contributed by atoms with E-state index in [1.807, 2.05) is 0 Å². The van der Waals surface area contributed by atoms with Gasteiger partial charge in [-0.15, -0.1) is 0 Å². The number of hydrogen-bond donors (Lipinski definition) is 2. The summed E-state index contributed by atoms with van der Waals surface area (Å²) in [6.07, 6.45) is 2.37. The van der Waals surface area contributed by atoms with Crippen LogP contribution in [0.4, 0.5) is 5.82 Å². The van der Waals surface area contributed by atoms with Crippen LogP contribution in [0.1, 0.15) is 10.4 Å². The van der Waals surface area contributed by atoms with E-state index >= 15 is 0 Å². The largest absolute Gasteiger partial charge is 0.382 e. The minimum absolute atomic E-state index is 0.0413. The van der Waals surface area contributed by atoms with E-state index < -0.39 is 15.7 Å². The Morgan fingerprint density at radius 2 is 2.24 bits per heavy atom. The van der Waals surface area contributed by atoms with Crippen molar-refractivity contribution >= 4 is 33.2 Å². The second-order valence-corrected chi connectivity index (χ2v) is 6.14. The highest BCUT2D eigenvalue weighted by Crippen LogP contribution is 2.16. The van der Waals surface area contributed by atoms with Gasteiger partial charge in [0.2, 0.25) is 0 Å². The van der Waals surface area contributed by atoms with Crippen molar-refractivity contribution in [2.24, 2.45) is 0 Å². The molecule has 0 fully saturated rings. The number of halogens is 1. The molecule has 0 aliphatic rings. The summed E-state index contributed by atoms with van der Waals surface area (Å²) in [5.41, 5.74) is 5.63. The fraction of sp³-hybridized carbons (Fsp3) is 0.333. The first kappa shape index (κ1) is 13.7. The molecule has 0 bridgehead atoms. The van der Waals surface area contributed by atoms with Gasteiger partial charge >= 0.3 is 0 Å². The van der Waals surface area contributed by atoms with Crippen LogP contribution in [0.2, 0.25) is 5.02 Å². The molecule has 1 aromatic rings. The molecule has 0 radical (unpaired) electrons. The van der Waals surface area contributed by atoms with E-state index in [-0.39, 0.29) is 28.7 Å². The van der Waals surface area contributed by atoms with Crippen LogP contribution in [0.3, 0.4) is 0 Å². The molecule has 0 saturated heterocycles. The number of nitrogens with one attached hydrogen (secondary N) is 1. The number of amides is 1. The molecule has 0 aromatic carbocycles.